The first-order chi connectivity index (χ1) is 10.3. The number of rotatable bonds is 5. The molecular formula is C15H14ClNO4S. The summed E-state index contributed by atoms with van der Waals surface area (Å²) in [5.41, 5.74) is 1.12. The second kappa shape index (κ2) is 6.81. The fourth-order valence-electron chi connectivity index (χ4n) is 1.76. The normalized spacial score (nSPS) is 11.0. The summed E-state index contributed by atoms with van der Waals surface area (Å²) in [6.45, 7) is 0.0726. The van der Waals surface area contributed by atoms with E-state index < -0.39 is 16.0 Å². The lowest BCUT2D eigenvalue weighted by molar-refractivity contribution is 0.0474. The summed E-state index contributed by atoms with van der Waals surface area (Å²) in [5, 5.41) is 0.595. The summed E-state index contributed by atoms with van der Waals surface area (Å²) in [6, 6.07) is 13.1. The number of ether oxygens (including phenoxy) is 1. The Kier molecular flexibility index (Phi) is 5.05. The number of anilines is 1. The molecule has 0 spiro atoms. The topological polar surface area (TPSA) is 72.5 Å². The van der Waals surface area contributed by atoms with Crippen LogP contribution in [0.4, 0.5) is 5.69 Å². The molecule has 0 heterocycles. The third-order valence-corrected chi connectivity index (χ3v) is 3.57. The molecule has 0 unspecified atom stereocenters. The highest BCUT2D eigenvalue weighted by Gasteiger charge is 2.15. The molecule has 5 nitrogen and oxygen atoms in total. The van der Waals surface area contributed by atoms with Gasteiger partial charge in [-0.05, 0) is 29.8 Å². The molecule has 7 heteroatoms. The highest BCUT2D eigenvalue weighted by molar-refractivity contribution is 7.92. The number of esters is 1. The first kappa shape index (κ1) is 16.3. The van der Waals surface area contributed by atoms with E-state index in [-0.39, 0.29) is 17.9 Å². The van der Waals surface area contributed by atoms with Gasteiger partial charge < -0.3 is 4.74 Å². The van der Waals surface area contributed by atoms with Gasteiger partial charge in [-0.2, -0.15) is 0 Å². The summed E-state index contributed by atoms with van der Waals surface area (Å²) in [4.78, 5) is 12.1. The van der Waals surface area contributed by atoms with Gasteiger partial charge in [-0.25, -0.2) is 13.2 Å². The standard InChI is InChI=1S/C15H14ClNO4S/c1-22(19,20)17-14-5-3-2-4-13(14)15(18)21-10-11-6-8-12(16)9-7-11/h2-9,17H,10H2,1H3. The van der Waals surface area contributed by atoms with E-state index in [1.807, 2.05) is 0 Å². The van der Waals surface area contributed by atoms with Crippen molar-refractivity contribution in [1.82, 2.24) is 0 Å². The Hall–Kier alpha value is -2.05. The minimum absolute atomic E-state index is 0.0726. The van der Waals surface area contributed by atoms with Gasteiger partial charge in [-0.15, -0.1) is 0 Å². The molecule has 0 fully saturated rings. The lowest BCUT2D eigenvalue weighted by Gasteiger charge is -2.10. The largest absolute Gasteiger partial charge is 0.457 e. The number of para-hydroxylation sites is 1. The Bertz CT molecular complexity index is 772. The Morgan fingerprint density at radius 1 is 1.14 bits per heavy atom. The van der Waals surface area contributed by atoms with Gasteiger partial charge in [0.15, 0.2) is 0 Å². The summed E-state index contributed by atoms with van der Waals surface area (Å²) < 4.78 is 30.1. The van der Waals surface area contributed by atoms with Gasteiger partial charge in [-0.3, -0.25) is 4.72 Å². The van der Waals surface area contributed by atoms with Crippen molar-refractivity contribution in [2.45, 2.75) is 6.61 Å². The van der Waals surface area contributed by atoms with Crippen LogP contribution in [0.25, 0.3) is 0 Å². The van der Waals surface area contributed by atoms with Gasteiger partial charge in [0.25, 0.3) is 0 Å². The van der Waals surface area contributed by atoms with Crippen LogP contribution in [-0.4, -0.2) is 20.6 Å². The summed E-state index contributed by atoms with van der Waals surface area (Å²) in [6.07, 6.45) is 1.02. The minimum Gasteiger partial charge on any atom is -0.457 e. The number of hydrogen-bond donors (Lipinski definition) is 1. The first-order valence-electron chi connectivity index (χ1n) is 6.33. The van der Waals surface area contributed by atoms with E-state index in [4.69, 9.17) is 16.3 Å². The minimum atomic E-state index is -3.48. The Balaban J connectivity index is 2.11. The molecule has 0 aliphatic carbocycles. The summed E-state index contributed by atoms with van der Waals surface area (Å²) in [7, 11) is -3.48. The van der Waals surface area contributed by atoms with Gasteiger partial charge in [0.1, 0.15) is 6.61 Å². The van der Waals surface area contributed by atoms with Crippen LogP contribution in [0.2, 0.25) is 5.02 Å². The maximum Gasteiger partial charge on any atom is 0.340 e. The smallest absolute Gasteiger partial charge is 0.340 e. The molecule has 2 rings (SSSR count). The Morgan fingerprint density at radius 3 is 2.41 bits per heavy atom. The van der Waals surface area contributed by atoms with Crippen LogP contribution in [0, 0.1) is 0 Å². The van der Waals surface area contributed by atoms with Gasteiger partial charge >= 0.3 is 5.97 Å². The second-order valence-corrected chi connectivity index (χ2v) is 6.81. The zero-order chi connectivity index (χ0) is 16.2. The van der Waals surface area contributed by atoms with E-state index in [0.717, 1.165) is 11.8 Å². The SMILES string of the molecule is CS(=O)(=O)Nc1ccccc1C(=O)OCc1ccc(Cl)cc1. The average molecular weight is 340 g/mol. The lowest BCUT2D eigenvalue weighted by Crippen LogP contribution is -2.14. The third kappa shape index (κ3) is 4.75. The highest BCUT2D eigenvalue weighted by atomic mass is 35.5. The number of nitrogens with one attached hydrogen (secondary N) is 1. The van der Waals surface area contributed by atoms with Crippen LogP contribution in [0.1, 0.15) is 15.9 Å². The Labute approximate surface area is 133 Å². The maximum absolute atomic E-state index is 12.1. The van der Waals surface area contributed by atoms with E-state index in [1.54, 1.807) is 36.4 Å². The van der Waals surface area contributed by atoms with Crippen LogP contribution >= 0.6 is 11.6 Å². The second-order valence-electron chi connectivity index (χ2n) is 4.62. The third-order valence-electron chi connectivity index (χ3n) is 2.73. The quantitative estimate of drug-likeness (QED) is 0.850. The van der Waals surface area contributed by atoms with Crippen molar-refractivity contribution in [3.05, 3.63) is 64.7 Å². The predicted molar refractivity (Wildman–Crippen MR) is 85.5 cm³/mol. The molecule has 0 aliphatic heterocycles. The van der Waals surface area contributed by atoms with Gasteiger partial charge in [0, 0.05) is 5.02 Å². The first-order valence-corrected chi connectivity index (χ1v) is 8.60. The molecular weight excluding hydrogens is 326 g/mol. The molecule has 0 aliphatic rings. The molecule has 0 aromatic heterocycles. The van der Waals surface area contributed by atoms with Crippen molar-refractivity contribution in [2.75, 3.05) is 11.0 Å². The predicted octanol–water partition coefficient (Wildman–Crippen LogP) is 3.07. The van der Waals surface area contributed by atoms with Crippen molar-refractivity contribution in [1.29, 1.82) is 0 Å². The van der Waals surface area contributed by atoms with E-state index in [9.17, 15) is 13.2 Å². The zero-order valence-corrected chi connectivity index (χ0v) is 13.3. The molecule has 0 amide bonds. The van der Waals surface area contributed by atoms with Crippen molar-refractivity contribution >= 4 is 33.3 Å². The molecule has 0 saturated heterocycles. The lowest BCUT2D eigenvalue weighted by atomic mass is 10.2. The van der Waals surface area contributed by atoms with Crippen molar-refractivity contribution in [3.8, 4) is 0 Å². The van der Waals surface area contributed by atoms with Crippen molar-refractivity contribution < 1.29 is 17.9 Å². The van der Waals surface area contributed by atoms with E-state index in [0.29, 0.717) is 5.02 Å². The number of sulfonamides is 1. The van der Waals surface area contributed by atoms with Crippen molar-refractivity contribution in [2.24, 2.45) is 0 Å². The number of hydrogen-bond acceptors (Lipinski definition) is 4. The van der Waals surface area contributed by atoms with Crippen LogP contribution in [-0.2, 0) is 21.4 Å². The van der Waals surface area contributed by atoms with Crippen molar-refractivity contribution in [3.63, 3.8) is 0 Å². The molecule has 0 saturated carbocycles. The maximum atomic E-state index is 12.1. The van der Waals surface area contributed by atoms with Gasteiger partial charge in [-0.1, -0.05) is 35.9 Å². The fraction of sp³-hybridized carbons (Fsp3) is 0.133. The monoisotopic (exact) mass is 339 g/mol. The molecule has 0 atom stereocenters. The molecule has 0 bridgehead atoms. The molecule has 2 aromatic rings. The average Bonchev–Trinajstić information content (AvgIpc) is 2.45. The highest BCUT2D eigenvalue weighted by Crippen LogP contribution is 2.18. The van der Waals surface area contributed by atoms with Gasteiger partial charge in [0.2, 0.25) is 10.0 Å². The van der Waals surface area contributed by atoms with Crippen LogP contribution in [0.3, 0.4) is 0 Å². The fourth-order valence-corrected chi connectivity index (χ4v) is 2.46. The number of halogens is 1. The number of carbonyl (C=O) groups excluding carboxylic acids is 1. The molecule has 2 aromatic carbocycles. The number of carbonyl (C=O) groups is 1. The van der Waals surface area contributed by atoms with Crippen LogP contribution in [0.5, 0.6) is 0 Å². The number of benzene rings is 2. The zero-order valence-electron chi connectivity index (χ0n) is 11.7. The van der Waals surface area contributed by atoms with Gasteiger partial charge in [0.05, 0.1) is 17.5 Å². The van der Waals surface area contributed by atoms with E-state index >= 15 is 0 Å². The molecule has 22 heavy (non-hydrogen) atoms. The molecule has 1 N–H and O–H groups in total. The molecule has 0 radical (unpaired) electrons. The van der Waals surface area contributed by atoms with Crippen LogP contribution < -0.4 is 4.72 Å². The van der Waals surface area contributed by atoms with E-state index in [1.165, 1.54) is 12.1 Å². The summed E-state index contributed by atoms with van der Waals surface area (Å²) >= 11 is 5.78. The summed E-state index contributed by atoms with van der Waals surface area (Å²) in [5.74, 6) is -0.610. The Morgan fingerprint density at radius 2 is 1.77 bits per heavy atom. The van der Waals surface area contributed by atoms with E-state index in [2.05, 4.69) is 4.72 Å². The molecule has 116 valence electrons. The van der Waals surface area contributed by atoms with Crippen LogP contribution in [0.15, 0.2) is 48.5 Å².